The van der Waals surface area contributed by atoms with Crippen molar-refractivity contribution in [3.05, 3.63) is 205 Å². The summed E-state index contributed by atoms with van der Waals surface area (Å²) in [6.45, 7) is 4.29. The lowest BCUT2D eigenvalue weighted by atomic mass is 9.91. The topological polar surface area (TPSA) is 52.4 Å². The molecule has 10 aromatic carbocycles. The molecule has 6 heteroatoms. The van der Waals surface area contributed by atoms with Crippen LogP contribution in [0.4, 0.5) is 0 Å². The van der Waals surface area contributed by atoms with Gasteiger partial charge in [0.15, 0.2) is 0 Å². The molecule has 346 valence electrons. The monoisotopic (exact) mass is 945 g/mol. The Bertz CT molecular complexity index is 4580. The predicted molar refractivity (Wildman–Crippen MR) is 307 cm³/mol. The van der Waals surface area contributed by atoms with E-state index in [0.29, 0.717) is 11.6 Å². The normalized spacial score (nSPS) is 12.0. The lowest BCUT2D eigenvalue weighted by Gasteiger charge is -2.12. The first-order chi connectivity index (χ1) is 36.3. The van der Waals surface area contributed by atoms with E-state index in [1.807, 2.05) is 4.57 Å². The van der Waals surface area contributed by atoms with Crippen molar-refractivity contribution in [3.63, 3.8) is 0 Å². The van der Waals surface area contributed by atoms with Gasteiger partial charge in [-0.3, -0.25) is 0 Å². The molecular formula is C68H45N6+. The van der Waals surface area contributed by atoms with E-state index in [1.54, 1.807) is 0 Å². The van der Waals surface area contributed by atoms with Gasteiger partial charge in [0.25, 0.3) is 11.6 Å². The number of rotatable bonds is 2. The largest absolute Gasteiger partial charge is 0.314 e. The third-order valence-corrected chi connectivity index (χ3v) is 15.7. The minimum Gasteiger partial charge on any atom is -0.314 e. The van der Waals surface area contributed by atoms with Crippen LogP contribution in [0, 0.1) is 26.3 Å². The number of benzene rings is 10. The zero-order valence-corrected chi connectivity index (χ0v) is 41.2. The van der Waals surface area contributed by atoms with Gasteiger partial charge in [-0.25, -0.2) is 4.98 Å². The van der Waals surface area contributed by atoms with Gasteiger partial charge in [-0.15, -0.1) is 4.57 Å². The zero-order valence-electron chi connectivity index (χ0n) is 41.2. The standard InChI is InChI=1S/C68H45N6/c1-6-74-67-57-37-49-21-13-14-22-50(49)38-58(57)68(74)71-66-56-36-48-20-12-10-18-46(48)34-54(56)64(73(66)5)60(42-29-25-40(3)26-30-42)62-52-32-44-16-8-7-15-43(44)31-51(52)61(69-62)59(41-27-23-39(2)24-28-41)63-53-33-45-17-9-11-19-47(45)35-55(53)65(70-67)72(63)4/h1,7-38H,2-5H3/q+1. The second kappa shape index (κ2) is 15.6. The molecule has 0 N–H and O–H groups in total. The zero-order chi connectivity index (χ0) is 49.5. The van der Waals surface area contributed by atoms with Crippen LogP contribution in [0.25, 0.3) is 155 Å². The van der Waals surface area contributed by atoms with Crippen molar-refractivity contribution < 1.29 is 4.57 Å². The Kier molecular flexibility index (Phi) is 8.89. The molecule has 13 aromatic rings. The SMILES string of the molecule is C#C[n+]1c2nc3c4cc5ccccc5cc4c(c(-c4ccc(C)cc4)c4nc(c(-c5ccc(C)cc5)c5c6cc7ccccc7cc6c(nc1-c1cc6ccccc6cc1-2)n5C)-c1cc2ccccc2cc1-4)n3C. The van der Waals surface area contributed by atoms with E-state index in [0.717, 1.165) is 143 Å². The average molecular weight is 946 g/mol. The second-order valence-electron chi connectivity index (χ2n) is 20.1. The Morgan fingerprint density at radius 2 is 0.689 bits per heavy atom. The maximum Gasteiger partial charge on any atom is 0.286 e. The van der Waals surface area contributed by atoms with Crippen molar-refractivity contribution in [1.82, 2.24) is 24.1 Å². The molecular weight excluding hydrogens is 901 g/mol. The Morgan fingerprint density at radius 3 is 1.03 bits per heavy atom. The van der Waals surface area contributed by atoms with E-state index < -0.39 is 0 Å². The minimum atomic E-state index is 0.639. The highest BCUT2D eigenvalue weighted by atomic mass is 15.1. The molecule has 8 bridgehead atoms. The van der Waals surface area contributed by atoms with Crippen molar-refractivity contribution in [2.45, 2.75) is 13.8 Å². The molecule has 0 radical (unpaired) electrons. The molecule has 5 heterocycles. The molecule has 6 nitrogen and oxygen atoms in total. The number of hydrogen-bond donors (Lipinski definition) is 0. The quantitative estimate of drug-likeness (QED) is 0.128. The molecule has 0 atom stereocenters. The summed E-state index contributed by atoms with van der Waals surface area (Å²) in [6.07, 6.45) is 6.80. The molecule has 0 saturated heterocycles. The third kappa shape index (κ3) is 6.08. The smallest absolute Gasteiger partial charge is 0.286 e. The number of aryl methyl sites for hydroxylation is 4. The molecule has 74 heavy (non-hydrogen) atoms. The van der Waals surface area contributed by atoms with Crippen molar-refractivity contribution in [2.75, 3.05) is 0 Å². The van der Waals surface area contributed by atoms with Crippen LogP contribution in [0.2, 0.25) is 0 Å². The summed E-state index contributed by atoms with van der Waals surface area (Å²) in [4.78, 5) is 17.8. The lowest BCUT2D eigenvalue weighted by molar-refractivity contribution is -0.560. The van der Waals surface area contributed by atoms with E-state index in [4.69, 9.17) is 21.4 Å². The van der Waals surface area contributed by atoms with Gasteiger partial charge in [0.05, 0.1) is 39.6 Å². The summed E-state index contributed by atoms with van der Waals surface area (Å²) in [6, 6.07) is 73.7. The van der Waals surface area contributed by atoms with E-state index in [1.165, 1.54) is 11.1 Å². The van der Waals surface area contributed by atoms with E-state index >= 15 is 0 Å². The maximum atomic E-state index is 6.80. The molecule has 0 saturated carbocycles. The fourth-order valence-electron chi connectivity index (χ4n) is 12.0. The van der Waals surface area contributed by atoms with Gasteiger partial charge in [0, 0.05) is 57.9 Å². The van der Waals surface area contributed by atoms with Gasteiger partial charge < -0.3 is 9.13 Å². The second-order valence-corrected chi connectivity index (χ2v) is 20.1. The van der Waals surface area contributed by atoms with Crippen LogP contribution in [0.15, 0.2) is 194 Å². The summed E-state index contributed by atoms with van der Waals surface area (Å²) in [5.41, 5.74) is 15.8. The Balaban J connectivity index is 1.29. The van der Waals surface area contributed by atoms with Crippen molar-refractivity contribution in [3.8, 4) is 80.0 Å². The highest BCUT2D eigenvalue weighted by molar-refractivity contribution is 6.21. The summed E-state index contributed by atoms with van der Waals surface area (Å²) >= 11 is 0. The van der Waals surface area contributed by atoms with Gasteiger partial charge in [0.1, 0.15) is 0 Å². The van der Waals surface area contributed by atoms with Crippen LogP contribution in [-0.4, -0.2) is 24.1 Å². The van der Waals surface area contributed by atoms with E-state index in [9.17, 15) is 0 Å². The highest BCUT2D eigenvalue weighted by Gasteiger charge is 2.34. The number of fused-ring (bicyclic) bond motifs is 24. The summed E-state index contributed by atoms with van der Waals surface area (Å²) in [5, 5.41) is 13.1. The first-order valence-electron chi connectivity index (χ1n) is 25.2. The Morgan fingerprint density at radius 1 is 0.378 bits per heavy atom. The van der Waals surface area contributed by atoms with Gasteiger partial charge >= 0.3 is 0 Å². The van der Waals surface area contributed by atoms with Crippen molar-refractivity contribution >= 4 is 87.0 Å². The average Bonchev–Trinajstić information content (AvgIpc) is 4.15. The van der Waals surface area contributed by atoms with Crippen molar-refractivity contribution in [2.24, 2.45) is 14.1 Å². The van der Waals surface area contributed by atoms with E-state index in [-0.39, 0.29) is 0 Å². The first kappa shape index (κ1) is 42.0. The number of terminal acetylenes is 1. The maximum absolute atomic E-state index is 6.80. The molecule has 15 rings (SSSR count). The van der Waals surface area contributed by atoms with Crippen LogP contribution in [0.3, 0.4) is 0 Å². The molecule has 3 aromatic heterocycles. The molecule has 0 fully saturated rings. The fraction of sp³-hybridized carbons (Fsp3) is 0.0588. The third-order valence-electron chi connectivity index (χ3n) is 15.7. The Labute approximate surface area is 426 Å². The summed E-state index contributed by atoms with van der Waals surface area (Å²) < 4.78 is 6.42. The molecule has 0 spiro atoms. The number of hydrogen-bond acceptors (Lipinski definition) is 3. The molecule has 0 unspecified atom stereocenters. The fourth-order valence-corrected chi connectivity index (χ4v) is 12.0. The van der Waals surface area contributed by atoms with Gasteiger partial charge in [-0.05, 0) is 117 Å². The first-order valence-corrected chi connectivity index (χ1v) is 25.2. The van der Waals surface area contributed by atoms with Crippen LogP contribution in [-0.2, 0) is 14.1 Å². The molecule has 0 amide bonds. The van der Waals surface area contributed by atoms with E-state index in [2.05, 4.69) is 237 Å². The molecule has 0 aliphatic carbocycles. The summed E-state index contributed by atoms with van der Waals surface area (Å²) in [7, 11) is 4.30. The molecule has 2 aliphatic rings. The van der Waals surface area contributed by atoms with Crippen molar-refractivity contribution in [1.29, 1.82) is 0 Å². The Hall–Kier alpha value is -9.70. The van der Waals surface area contributed by atoms with Gasteiger partial charge in [-0.2, -0.15) is 0 Å². The van der Waals surface area contributed by atoms with Crippen LogP contribution in [0.5, 0.6) is 0 Å². The summed E-state index contributed by atoms with van der Waals surface area (Å²) in [5.74, 6) is 1.28. The van der Waals surface area contributed by atoms with Crippen LogP contribution in [0.1, 0.15) is 11.1 Å². The van der Waals surface area contributed by atoms with Crippen LogP contribution < -0.4 is 4.57 Å². The number of aromatic nitrogens is 6. The number of nitrogens with zero attached hydrogens (tertiary/aromatic N) is 6. The predicted octanol–water partition coefficient (Wildman–Crippen LogP) is 16.0. The minimum absolute atomic E-state index is 0.639. The van der Waals surface area contributed by atoms with Gasteiger partial charge in [-0.1, -0.05) is 173 Å². The highest BCUT2D eigenvalue weighted by Crippen LogP contribution is 2.50. The van der Waals surface area contributed by atoms with Gasteiger partial charge in [0.2, 0.25) is 11.3 Å². The molecule has 2 aliphatic heterocycles. The van der Waals surface area contributed by atoms with Crippen LogP contribution >= 0.6 is 0 Å². The lowest BCUT2D eigenvalue weighted by Crippen LogP contribution is -2.31.